The lowest BCUT2D eigenvalue weighted by atomic mass is 9.91. The lowest BCUT2D eigenvalue weighted by Crippen LogP contribution is -2.44. The Hall–Kier alpha value is -0.630. The van der Waals surface area contributed by atoms with E-state index < -0.39 is 0 Å². The van der Waals surface area contributed by atoms with Crippen LogP contribution in [0.4, 0.5) is 0 Å². The van der Waals surface area contributed by atoms with Crippen LogP contribution in [0.15, 0.2) is 0 Å². The molecule has 122 valence electrons. The van der Waals surface area contributed by atoms with Gasteiger partial charge in [-0.3, -0.25) is 5.32 Å². The maximum Gasteiger partial charge on any atom is 0.106 e. The summed E-state index contributed by atoms with van der Waals surface area (Å²) in [5.41, 5.74) is -0.315. The van der Waals surface area contributed by atoms with Gasteiger partial charge in [-0.2, -0.15) is 5.26 Å². The zero-order chi connectivity index (χ0) is 15.7. The molecule has 0 bridgehead atoms. The molecule has 1 fully saturated rings. The Kier molecular flexibility index (Phi) is 8.24. The smallest absolute Gasteiger partial charge is 0.106 e. The Morgan fingerprint density at radius 2 is 2.19 bits per heavy atom. The Labute approximate surface area is 131 Å². The summed E-state index contributed by atoms with van der Waals surface area (Å²) in [6.45, 7) is 9.97. The summed E-state index contributed by atoms with van der Waals surface area (Å²) in [5.74, 6) is 0.824. The number of rotatable bonds is 10. The molecule has 0 spiro atoms. The first kappa shape index (κ1) is 18.4. The average Bonchev–Trinajstić information content (AvgIpc) is 2.88. The normalized spacial score (nSPS) is 22.4. The van der Waals surface area contributed by atoms with Gasteiger partial charge in [0.2, 0.25) is 0 Å². The molecular formula is C17H34N4. The molecule has 1 rings (SSSR count). The van der Waals surface area contributed by atoms with Crippen molar-refractivity contribution in [1.82, 2.24) is 15.1 Å². The van der Waals surface area contributed by atoms with Gasteiger partial charge in [-0.15, -0.1) is 0 Å². The van der Waals surface area contributed by atoms with Crippen molar-refractivity contribution < 1.29 is 0 Å². The lowest BCUT2D eigenvalue weighted by Gasteiger charge is -2.28. The molecule has 0 aliphatic carbocycles. The molecule has 1 saturated heterocycles. The summed E-state index contributed by atoms with van der Waals surface area (Å²) in [6.07, 6.45) is 5.35. The van der Waals surface area contributed by atoms with Crippen LogP contribution in [-0.4, -0.2) is 62.2 Å². The van der Waals surface area contributed by atoms with E-state index in [1.54, 1.807) is 0 Å². The van der Waals surface area contributed by atoms with Gasteiger partial charge in [-0.25, -0.2) is 0 Å². The zero-order valence-electron chi connectivity index (χ0n) is 14.5. The standard InChI is InChI=1S/C17H34N4/c1-5-10-19-17(6-2,15-18)9-7-11-20(3)13-16-8-12-21(4)14-16/h16,19H,5-14H2,1-4H3. The van der Waals surface area contributed by atoms with Gasteiger partial charge >= 0.3 is 0 Å². The molecule has 21 heavy (non-hydrogen) atoms. The van der Waals surface area contributed by atoms with Crippen LogP contribution in [0.5, 0.6) is 0 Å². The molecule has 2 atom stereocenters. The maximum absolute atomic E-state index is 9.50. The fraction of sp³-hybridized carbons (Fsp3) is 0.941. The first-order chi connectivity index (χ1) is 10.0. The number of hydrogen-bond acceptors (Lipinski definition) is 4. The maximum atomic E-state index is 9.50. The van der Waals surface area contributed by atoms with Crippen LogP contribution in [0.1, 0.15) is 46.0 Å². The Morgan fingerprint density at radius 3 is 2.71 bits per heavy atom. The summed E-state index contributed by atoms with van der Waals surface area (Å²) < 4.78 is 0. The van der Waals surface area contributed by atoms with Crippen LogP contribution in [0.3, 0.4) is 0 Å². The van der Waals surface area contributed by atoms with Crippen LogP contribution in [0.25, 0.3) is 0 Å². The molecule has 0 radical (unpaired) electrons. The van der Waals surface area contributed by atoms with Crippen molar-refractivity contribution in [2.24, 2.45) is 5.92 Å². The largest absolute Gasteiger partial charge is 0.306 e. The summed E-state index contributed by atoms with van der Waals surface area (Å²) in [4.78, 5) is 4.87. The number of nitriles is 1. The SMILES string of the molecule is CCCNC(C#N)(CC)CCCN(C)CC1CCN(C)C1. The van der Waals surface area contributed by atoms with E-state index in [-0.39, 0.29) is 5.54 Å². The van der Waals surface area contributed by atoms with E-state index in [0.29, 0.717) is 0 Å². The molecule has 4 heteroatoms. The summed E-state index contributed by atoms with van der Waals surface area (Å²) in [7, 11) is 4.43. The third-order valence-electron chi connectivity index (χ3n) is 4.73. The molecule has 1 aliphatic heterocycles. The monoisotopic (exact) mass is 294 g/mol. The molecule has 1 aliphatic rings. The Balaban J connectivity index is 2.28. The highest BCUT2D eigenvalue weighted by Crippen LogP contribution is 2.18. The minimum atomic E-state index is -0.315. The molecule has 2 unspecified atom stereocenters. The predicted octanol–water partition coefficient (Wildman–Crippen LogP) is 2.32. The molecule has 0 aromatic carbocycles. The van der Waals surface area contributed by atoms with Gasteiger partial charge in [-0.1, -0.05) is 13.8 Å². The van der Waals surface area contributed by atoms with Crippen molar-refractivity contribution in [3.05, 3.63) is 0 Å². The van der Waals surface area contributed by atoms with Crippen molar-refractivity contribution in [1.29, 1.82) is 5.26 Å². The molecule has 4 nitrogen and oxygen atoms in total. The molecule has 1 heterocycles. The van der Waals surface area contributed by atoms with Gasteiger partial charge in [-0.05, 0) is 71.8 Å². The van der Waals surface area contributed by atoms with E-state index in [0.717, 1.165) is 44.7 Å². The highest BCUT2D eigenvalue weighted by atomic mass is 15.1. The molecular weight excluding hydrogens is 260 g/mol. The number of nitrogens with zero attached hydrogens (tertiary/aromatic N) is 3. The van der Waals surface area contributed by atoms with Crippen LogP contribution in [0, 0.1) is 17.2 Å². The second-order valence-corrected chi connectivity index (χ2v) is 6.76. The second-order valence-electron chi connectivity index (χ2n) is 6.76. The van der Waals surface area contributed by atoms with Crippen LogP contribution in [0.2, 0.25) is 0 Å². The van der Waals surface area contributed by atoms with Crippen molar-refractivity contribution >= 4 is 0 Å². The highest BCUT2D eigenvalue weighted by Gasteiger charge is 2.26. The fourth-order valence-corrected chi connectivity index (χ4v) is 3.29. The number of nitrogens with one attached hydrogen (secondary N) is 1. The van der Waals surface area contributed by atoms with Gasteiger partial charge in [0.15, 0.2) is 0 Å². The minimum Gasteiger partial charge on any atom is -0.306 e. The van der Waals surface area contributed by atoms with Gasteiger partial charge in [0.1, 0.15) is 5.54 Å². The Bertz CT molecular complexity index is 325. The van der Waals surface area contributed by atoms with Crippen molar-refractivity contribution in [2.45, 2.75) is 51.5 Å². The van der Waals surface area contributed by atoms with E-state index in [1.165, 1.54) is 26.1 Å². The molecule has 0 amide bonds. The summed E-state index contributed by atoms with van der Waals surface area (Å²) >= 11 is 0. The van der Waals surface area contributed by atoms with Crippen LogP contribution in [-0.2, 0) is 0 Å². The first-order valence-electron chi connectivity index (χ1n) is 8.58. The zero-order valence-corrected chi connectivity index (χ0v) is 14.5. The van der Waals surface area contributed by atoms with Gasteiger partial charge < -0.3 is 9.80 Å². The van der Waals surface area contributed by atoms with E-state index >= 15 is 0 Å². The Morgan fingerprint density at radius 1 is 1.43 bits per heavy atom. The summed E-state index contributed by atoms with van der Waals surface area (Å²) in [5, 5.41) is 12.9. The van der Waals surface area contributed by atoms with Crippen molar-refractivity contribution in [2.75, 3.05) is 46.8 Å². The minimum absolute atomic E-state index is 0.315. The molecule has 0 aromatic rings. The highest BCUT2D eigenvalue weighted by molar-refractivity contribution is 5.06. The second kappa shape index (κ2) is 9.40. The topological polar surface area (TPSA) is 42.3 Å². The average molecular weight is 294 g/mol. The number of likely N-dealkylation sites (tertiary alicyclic amines) is 1. The lowest BCUT2D eigenvalue weighted by molar-refractivity contribution is 0.255. The fourth-order valence-electron chi connectivity index (χ4n) is 3.29. The van der Waals surface area contributed by atoms with Crippen molar-refractivity contribution in [3.8, 4) is 6.07 Å². The van der Waals surface area contributed by atoms with Crippen LogP contribution >= 0.6 is 0 Å². The van der Waals surface area contributed by atoms with E-state index in [9.17, 15) is 5.26 Å². The van der Waals surface area contributed by atoms with Crippen molar-refractivity contribution in [3.63, 3.8) is 0 Å². The van der Waals surface area contributed by atoms with E-state index in [4.69, 9.17) is 0 Å². The van der Waals surface area contributed by atoms with Gasteiger partial charge in [0.25, 0.3) is 0 Å². The predicted molar refractivity (Wildman–Crippen MR) is 89.3 cm³/mol. The van der Waals surface area contributed by atoms with Crippen LogP contribution < -0.4 is 5.32 Å². The molecule has 0 aromatic heterocycles. The molecule has 0 saturated carbocycles. The van der Waals surface area contributed by atoms with Gasteiger partial charge in [0.05, 0.1) is 6.07 Å². The third-order valence-corrected chi connectivity index (χ3v) is 4.73. The van der Waals surface area contributed by atoms with E-state index in [1.807, 2.05) is 0 Å². The molecule has 1 N–H and O–H groups in total. The summed E-state index contributed by atoms with van der Waals surface area (Å²) in [6, 6.07) is 2.52. The third kappa shape index (κ3) is 6.34. The number of hydrogen-bond donors (Lipinski definition) is 1. The first-order valence-corrected chi connectivity index (χ1v) is 8.58. The van der Waals surface area contributed by atoms with E-state index in [2.05, 4.69) is 49.1 Å². The quantitative estimate of drug-likeness (QED) is 0.671. The van der Waals surface area contributed by atoms with Gasteiger partial charge in [0, 0.05) is 13.1 Å².